The molecule has 1 aromatic rings. The number of piperidine rings is 1. The van der Waals surface area contributed by atoms with E-state index in [1.807, 2.05) is 30.3 Å². The van der Waals surface area contributed by atoms with Crippen LogP contribution in [-0.2, 0) is 19.1 Å². The van der Waals surface area contributed by atoms with Gasteiger partial charge in [0, 0.05) is 19.2 Å². The predicted molar refractivity (Wildman–Crippen MR) is 99.0 cm³/mol. The van der Waals surface area contributed by atoms with Crippen LogP contribution in [0.3, 0.4) is 0 Å². The Bertz CT molecular complexity index is 649. The van der Waals surface area contributed by atoms with Gasteiger partial charge in [0.05, 0.1) is 12.5 Å². The summed E-state index contributed by atoms with van der Waals surface area (Å²) in [4.78, 5) is 37.9. The predicted octanol–water partition coefficient (Wildman–Crippen LogP) is 2.01. The normalized spacial score (nSPS) is 16.3. The molecule has 1 atom stereocenters. The lowest BCUT2D eigenvalue weighted by molar-refractivity contribution is -0.151. The Hall–Kier alpha value is -2.63. The number of carbonyl (C=O) groups excluding carboxylic acids is 3. The summed E-state index contributed by atoms with van der Waals surface area (Å²) in [7, 11) is 0. The Balaban J connectivity index is 1.79. The van der Waals surface area contributed by atoms with E-state index in [0.717, 1.165) is 5.56 Å². The molecule has 0 spiro atoms. The van der Waals surface area contributed by atoms with Crippen LogP contribution in [0.5, 0.6) is 0 Å². The summed E-state index contributed by atoms with van der Waals surface area (Å²) in [6.45, 7) is 4.84. The van der Waals surface area contributed by atoms with E-state index in [2.05, 4.69) is 5.32 Å². The molecule has 2 amide bonds. The smallest absolute Gasteiger partial charge is 0.309 e. The molecule has 1 fully saturated rings. The first-order chi connectivity index (χ1) is 12.5. The van der Waals surface area contributed by atoms with Crippen molar-refractivity contribution in [1.29, 1.82) is 0 Å². The number of carbonyl (C=O) groups is 3. The van der Waals surface area contributed by atoms with E-state index in [-0.39, 0.29) is 23.7 Å². The third-order valence-corrected chi connectivity index (χ3v) is 4.38. The lowest BCUT2D eigenvalue weighted by Crippen LogP contribution is -2.49. The molecule has 0 aliphatic carbocycles. The fourth-order valence-electron chi connectivity index (χ4n) is 2.93. The number of ether oxygens (including phenoxy) is 1. The number of nitrogens with one attached hydrogen (secondary N) is 1. The van der Waals surface area contributed by atoms with E-state index in [1.165, 1.54) is 6.08 Å². The molecule has 1 aromatic carbocycles. The number of hydrogen-bond donors (Lipinski definition) is 1. The van der Waals surface area contributed by atoms with Gasteiger partial charge in [0.2, 0.25) is 11.8 Å². The number of rotatable bonds is 6. The highest BCUT2D eigenvalue weighted by molar-refractivity contribution is 5.95. The molecule has 140 valence electrons. The van der Waals surface area contributed by atoms with Gasteiger partial charge >= 0.3 is 5.97 Å². The third-order valence-electron chi connectivity index (χ3n) is 4.38. The summed E-state index contributed by atoms with van der Waals surface area (Å²) < 4.78 is 5.03. The van der Waals surface area contributed by atoms with Crippen LogP contribution in [0.15, 0.2) is 36.4 Å². The summed E-state index contributed by atoms with van der Waals surface area (Å²) >= 11 is 0. The monoisotopic (exact) mass is 358 g/mol. The Morgan fingerprint density at radius 1 is 1.23 bits per heavy atom. The second-order valence-electron chi connectivity index (χ2n) is 6.33. The van der Waals surface area contributed by atoms with Crippen LogP contribution >= 0.6 is 0 Å². The van der Waals surface area contributed by atoms with Crippen LogP contribution in [0.4, 0.5) is 0 Å². The molecule has 1 unspecified atom stereocenters. The maximum Gasteiger partial charge on any atom is 0.309 e. The molecule has 0 radical (unpaired) electrons. The fourth-order valence-corrected chi connectivity index (χ4v) is 2.93. The zero-order valence-electron chi connectivity index (χ0n) is 15.3. The third kappa shape index (κ3) is 5.72. The molecular weight excluding hydrogens is 332 g/mol. The van der Waals surface area contributed by atoms with Crippen LogP contribution in [0.25, 0.3) is 6.08 Å². The van der Waals surface area contributed by atoms with Crippen LogP contribution in [-0.4, -0.2) is 48.4 Å². The van der Waals surface area contributed by atoms with Crippen molar-refractivity contribution >= 4 is 23.9 Å². The molecule has 26 heavy (non-hydrogen) atoms. The lowest BCUT2D eigenvalue weighted by Gasteiger charge is -2.32. The average molecular weight is 358 g/mol. The van der Waals surface area contributed by atoms with Gasteiger partial charge in [-0.1, -0.05) is 30.3 Å². The Labute approximate surface area is 154 Å². The van der Waals surface area contributed by atoms with Gasteiger partial charge in [-0.3, -0.25) is 14.4 Å². The first-order valence-corrected chi connectivity index (χ1v) is 9.00. The maximum atomic E-state index is 12.5. The molecule has 1 saturated heterocycles. The van der Waals surface area contributed by atoms with Crippen molar-refractivity contribution in [2.75, 3.05) is 19.7 Å². The zero-order chi connectivity index (χ0) is 18.9. The van der Waals surface area contributed by atoms with Crippen LogP contribution in [0.1, 0.15) is 32.3 Å². The zero-order valence-corrected chi connectivity index (χ0v) is 15.3. The molecular formula is C20H26N2O4. The molecule has 0 aromatic heterocycles. The van der Waals surface area contributed by atoms with Crippen molar-refractivity contribution in [3.8, 4) is 0 Å². The minimum absolute atomic E-state index is 0.131. The van der Waals surface area contributed by atoms with Crippen molar-refractivity contribution in [2.24, 2.45) is 5.92 Å². The molecule has 6 heteroatoms. The van der Waals surface area contributed by atoms with E-state index < -0.39 is 6.04 Å². The summed E-state index contributed by atoms with van der Waals surface area (Å²) in [5.74, 6) is -0.769. The first-order valence-electron chi connectivity index (χ1n) is 9.00. The highest BCUT2D eigenvalue weighted by atomic mass is 16.5. The Morgan fingerprint density at radius 2 is 1.88 bits per heavy atom. The van der Waals surface area contributed by atoms with Gasteiger partial charge in [-0.15, -0.1) is 0 Å². The average Bonchev–Trinajstić information content (AvgIpc) is 2.67. The number of hydrogen-bond acceptors (Lipinski definition) is 4. The summed E-state index contributed by atoms with van der Waals surface area (Å²) in [6, 6.07) is 8.87. The number of nitrogens with zero attached hydrogens (tertiary/aromatic N) is 1. The second kappa shape index (κ2) is 9.75. The minimum Gasteiger partial charge on any atom is -0.466 e. The molecule has 1 heterocycles. The Morgan fingerprint density at radius 3 is 2.50 bits per heavy atom. The van der Waals surface area contributed by atoms with Crippen molar-refractivity contribution in [3.05, 3.63) is 42.0 Å². The second-order valence-corrected chi connectivity index (χ2v) is 6.33. The standard InChI is InChI=1S/C20H26N2O4/c1-3-26-20(25)17-11-13-22(14-12-17)19(24)15(2)21-18(23)10-9-16-7-5-4-6-8-16/h4-10,15,17H,3,11-14H2,1-2H3,(H,21,23)/b10-9+. The lowest BCUT2D eigenvalue weighted by atomic mass is 9.96. The molecule has 0 saturated carbocycles. The quantitative estimate of drug-likeness (QED) is 0.623. The van der Waals surface area contributed by atoms with E-state index in [1.54, 1.807) is 24.8 Å². The molecule has 0 bridgehead atoms. The van der Waals surface area contributed by atoms with E-state index in [4.69, 9.17) is 4.74 Å². The van der Waals surface area contributed by atoms with Crippen LogP contribution < -0.4 is 5.32 Å². The number of likely N-dealkylation sites (tertiary alicyclic amines) is 1. The van der Waals surface area contributed by atoms with Gasteiger partial charge in [0.15, 0.2) is 0 Å². The van der Waals surface area contributed by atoms with E-state index in [9.17, 15) is 14.4 Å². The fraction of sp³-hybridized carbons (Fsp3) is 0.450. The minimum atomic E-state index is -0.609. The highest BCUT2D eigenvalue weighted by Gasteiger charge is 2.30. The SMILES string of the molecule is CCOC(=O)C1CCN(C(=O)C(C)NC(=O)/C=C/c2ccccc2)CC1. The first kappa shape index (κ1) is 19.7. The van der Waals surface area contributed by atoms with Gasteiger partial charge < -0.3 is 15.0 Å². The summed E-state index contributed by atoms with van der Waals surface area (Å²) in [5.41, 5.74) is 0.919. The van der Waals surface area contributed by atoms with Crippen molar-refractivity contribution in [3.63, 3.8) is 0 Å². The van der Waals surface area contributed by atoms with Crippen molar-refractivity contribution in [2.45, 2.75) is 32.7 Å². The van der Waals surface area contributed by atoms with E-state index >= 15 is 0 Å². The molecule has 1 aliphatic rings. The Kier molecular flexibility index (Phi) is 7.38. The van der Waals surface area contributed by atoms with Gasteiger partial charge in [-0.2, -0.15) is 0 Å². The largest absolute Gasteiger partial charge is 0.466 e. The summed E-state index contributed by atoms with van der Waals surface area (Å²) in [5, 5.41) is 2.69. The molecule has 1 aliphatic heterocycles. The molecule has 2 rings (SSSR count). The number of amides is 2. The van der Waals surface area contributed by atoms with Gasteiger partial charge in [0.25, 0.3) is 0 Å². The maximum absolute atomic E-state index is 12.5. The number of benzene rings is 1. The van der Waals surface area contributed by atoms with Crippen LogP contribution in [0, 0.1) is 5.92 Å². The molecule has 1 N–H and O–H groups in total. The topological polar surface area (TPSA) is 75.7 Å². The van der Waals surface area contributed by atoms with Crippen LogP contribution in [0.2, 0.25) is 0 Å². The molecule has 6 nitrogen and oxygen atoms in total. The van der Waals surface area contributed by atoms with Gasteiger partial charge in [0.1, 0.15) is 6.04 Å². The van der Waals surface area contributed by atoms with E-state index in [0.29, 0.717) is 32.5 Å². The number of esters is 1. The van der Waals surface area contributed by atoms with Gasteiger partial charge in [-0.25, -0.2) is 0 Å². The van der Waals surface area contributed by atoms with Crippen molar-refractivity contribution < 1.29 is 19.1 Å². The summed E-state index contributed by atoms with van der Waals surface area (Å²) in [6.07, 6.45) is 4.32. The van der Waals surface area contributed by atoms with Crippen molar-refractivity contribution in [1.82, 2.24) is 10.2 Å². The highest BCUT2D eigenvalue weighted by Crippen LogP contribution is 2.19. The van der Waals surface area contributed by atoms with Gasteiger partial charge in [-0.05, 0) is 38.3 Å².